The lowest BCUT2D eigenvalue weighted by molar-refractivity contribution is 1.18. The third-order valence-electron chi connectivity index (χ3n) is 11.9. The fourth-order valence-corrected chi connectivity index (χ4v) is 9.53. The highest BCUT2D eigenvalue weighted by Gasteiger charge is 2.20. The smallest absolute Gasteiger partial charge is 0.0541 e. The highest BCUT2D eigenvalue weighted by atomic mass is 15.0. The van der Waals surface area contributed by atoms with Crippen LogP contribution in [0.2, 0.25) is 0 Å². The SMILES string of the molecule is c1cc(-c2cc(-c3cccc4ccccc34)c3ccc4ccc(-c5cccc6ccccc56)c5ccc2c3c45)cc(-n2c3ccccc3c3ccccc32)c1. The van der Waals surface area contributed by atoms with Crippen molar-refractivity contribution < 1.29 is 0 Å². The normalized spacial score (nSPS) is 12.0. The molecule has 0 N–H and O–H groups in total. The van der Waals surface area contributed by atoms with Gasteiger partial charge in [0, 0.05) is 16.5 Å². The van der Waals surface area contributed by atoms with Crippen molar-refractivity contribution in [3.8, 4) is 39.1 Å². The molecule has 0 fully saturated rings. The Morgan fingerprint density at radius 1 is 0.255 bits per heavy atom. The van der Waals surface area contributed by atoms with Crippen LogP contribution in [0, 0.1) is 0 Å². The first kappa shape index (κ1) is 30.3. The second-order valence-corrected chi connectivity index (χ2v) is 14.8. The topological polar surface area (TPSA) is 4.93 Å². The number of para-hydroxylation sites is 2. The van der Waals surface area contributed by atoms with E-state index in [9.17, 15) is 0 Å². The van der Waals surface area contributed by atoms with E-state index in [2.05, 4.69) is 205 Å². The van der Waals surface area contributed by atoms with Crippen LogP contribution in [-0.2, 0) is 0 Å². The Balaban J connectivity index is 1.19. The molecule has 0 amide bonds. The van der Waals surface area contributed by atoms with Gasteiger partial charge in [0.1, 0.15) is 0 Å². The molecule has 1 aromatic heterocycles. The van der Waals surface area contributed by atoms with Crippen LogP contribution >= 0.6 is 0 Å². The van der Waals surface area contributed by atoms with Crippen LogP contribution in [0.1, 0.15) is 0 Å². The summed E-state index contributed by atoms with van der Waals surface area (Å²) in [7, 11) is 0. The molecule has 1 heterocycles. The molecule has 55 heavy (non-hydrogen) atoms. The Kier molecular flexibility index (Phi) is 6.40. The molecule has 0 atom stereocenters. The molecule has 11 aromatic carbocycles. The van der Waals surface area contributed by atoms with Crippen LogP contribution in [0.25, 0.3) is 115 Å². The summed E-state index contributed by atoms with van der Waals surface area (Å²) in [4.78, 5) is 0. The molecular formula is C54H33N. The van der Waals surface area contributed by atoms with Crippen molar-refractivity contribution in [3.63, 3.8) is 0 Å². The predicted molar refractivity (Wildman–Crippen MR) is 236 cm³/mol. The number of hydrogen-bond donors (Lipinski definition) is 0. The summed E-state index contributed by atoms with van der Waals surface area (Å²) < 4.78 is 2.42. The first-order valence-corrected chi connectivity index (χ1v) is 19.1. The van der Waals surface area contributed by atoms with Crippen molar-refractivity contribution in [3.05, 3.63) is 200 Å². The summed E-state index contributed by atoms with van der Waals surface area (Å²) in [5.74, 6) is 0. The number of aromatic nitrogens is 1. The van der Waals surface area contributed by atoms with E-state index >= 15 is 0 Å². The van der Waals surface area contributed by atoms with E-state index in [-0.39, 0.29) is 0 Å². The Labute approximate surface area is 318 Å². The maximum atomic E-state index is 2.46. The quantitative estimate of drug-likeness (QED) is 0.162. The summed E-state index contributed by atoms with van der Waals surface area (Å²) in [6.45, 7) is 0. The third kappa shape index (κ3) is 4.41. The average Bonchev–Trinajstić information content (AvgIpc) is 3.59. The van der Waals surface area contributed by atoms with Crippen LogP contribution in [0.4, 0.5) is 0 Å². The highest BCUT2D eigenvalue weighted by Crippen LogP contribution is 2.48. The molecule has 0 aliphatic heterocycles. The van der Waals surface area contributed by atoms with Gasteiger partial charge in [-0.15, -0.1) is 0 Å². The number of benzene rings is 11. The molecule has 0 aliphatic carbocycles. The lowest BCUT2D eigenvalue weighted by Gasteiger charge is -2.21. The van der Waals surface area contributed by atoms with Gasteiger partial charge in [-0.05, 0) is 118 Å². The molecular weight excluding hydrogens is 663 g/mol. The van der Waals surface area contributed by atoms with Gasteiger partial charge in [-0.2, -0.15) is 0 Å². The van der Waals surface area contributed by atoms with Gasteiger partial charge >= 0.3 is 0 Å². The van der Waals surface area contributed by atoms with Crippen LogP contribution in [0.3, 0.4) is 0 Å². The Morgan fingerprint density at radius 2 is 0.745 bits per heavy atom. The molecule has 1 nitrogen and oxygen atoms in total. The summed E-state index contributed by atoms with van der Waals surface area (Å²) in [6.07, 6.45) is 0. The fraction of sp³-hybridized carbons (Fsp3) is 0. The molecule has 0 saturated carbocycles. The van der Waals surface area contributed by atoms with Crippen molar-refractivity contribution in [2.45, 2.75) is 0 Å². The van der Waals surface area contributed by atoms with Crippen LogP contribution in [0.5, 0.6) is 0 Å². The van der Waals surface area contributed by atoms with E-state index in [4.69, 9.17) is 0 Å². The largest absolute Gasteiger partial charge is 0.309 e. The van der Waals surface area contributed by atoms with Crippen molar-refractivity contribution in [1.82, 2.24) is 4.57 Å². The van der Waals surface area contributed by atoms with Gasteiger partial charge in [-0.3, -0.25) is 0 Å². The maximum absolute atomic E-state index is 2.46. The summed E-state index contributed by atoms with van der Waals surface area (Å²) in [5, 5.41) is 15.3. The second-order valence-electron chi connectivity index (χ2n) is 14.8. The first-order chi connectivity index (χ1) is 27.3. The zero-order valence-electron chi connectivity index (χ0n) is 30.0. The Bertz CT molecular complexity index is 3430. The van der Waals surface area contributed by atoms with E-state index < -0.39 is 0 Å². The summed E-state index contributed by atoms with van der Waals surface area (Å²) in [6, 6.07) is 74.2. The number of hydrogen-bond acceptors (Lipinski definition) is 0. The van der Waals surface area contributed by atoms with Gasteiger partial charge < -0.3 is 4.57 Å². The number of rotatable bonds is 4. The van der Waals surface area contributed by atoms with Crippen molar-refractivity contribution in [1.29, 1.82) is 0 Å². The third-order valence-corrected chi connectivity index (χ3v) is 11.9. The lowest BCUT2D eigenvalue weighted by Crippen LogP contribution is -1.96. The monoisotopic (exact) mass is 695 g/mol. The van der Waals surface area contributed by atoms with Crippen molar-refractivity contribution in [2.75, 3.05) is 0 Å². The average molecular weight is 696 g/mol. The van der Waals surface area contributed by atoms with Gasteiger partial charge in [0.05, 0.1) is 11.0 Å². The minimum atomic E-state index is 1.16. The van der Waals surface area contributed by atoms with Crippen molar-refractivity contribution in [2.24, 2.45) is 0 Å². The van der Waals surface area contributed by atoms with E-state index in [0.29, 0.717) is 0 Å². The zero-order valence-corrected chi connectivity index (χ0v) is 30.0. The molecule has 0 spiro atoms. The summed E-state index contributed by atoms with van der Waals surface area (Å²) in [5.41, 5.74) is 11.1. The van der Waals surface area contributed by atoms with E-state index in [1.807, 2.05) is 0 Å². The molecule has 0 aliphatic rings. The Morgan fingerprint density at radius 3 is 1.44 bits per heavy atom. The van der Waals surface area contributed by atoms with E-state index in [1.165, 1.54) is 109 Å². The van der Waals surface area contributed by atoms with Gasteiger partial charge in [0.2, 0.25) is 0 Å². The minimum absolute atomic E-state index is 1.16. The molecule has 0 bridgehead atoms. The highest BCUT2D eigenvalue weighted by molar-refractivity contribution is 6.31. The fourth-order valence-electron chi connectivity index (χ4n) is 9.53. The predicted octanol–water partition coefficient (Wildman–Crippen LogP) is 15.0. The molecule has 0 unspecified atom stereocenters. The molecule has 254 valence electrons. The van der Waals surface area contributed by atoms with Crippen LogP contribution in [0.15, 0.2) is 200 Å². The van der Waals surface area contributed by atoms with E-state index in [1.54, 1.807) is 0 Å². The van der Waals surface area contributed by atoms with Gasteiger partial charge in [-0.25, -0.2) is 0 Å². The minimum Gasteiger partial charge on any atom is -0.309 e. The van der Waals surface area contributed by atoms with Gasteiger partial charge in [0.15, 0.2) is 0 Å². The van der Waals surface area contributed by atoms with Crippen LogP contribution < -0.4 is 0 Å². The number of fused-ring (bicyclic) bond motifs is 5. The maximum Gasteiger partial charge on any atom is 0.0541 e. The number of nitrogens with zero attached hydrogens (tertiary/aromatic N) is 1. The Hall–Kier alpha value is -7.22. The van der Waals surface area contributed by atoms with Crippen LogP contribution in [-0.4, -0.2) is 4.57 Å². The molecule has 0 saturated heterocycles. The second kappa shape index (κ2) is 11.6. The lowest BCUT2D eigenvalue weighted by atomic mass is 9.83. The first-order valence-electron chi connectivity index (χ1n) is 19.1. The molecule has 1 heteroatoms. The van der Waals surface area contributed by atoms with Crippen molar-refractivity contribution >= 4 is 75.7 Å². The molecule has 12 rings (SSSR count). The zero-order chi connectivity index (χ0) is 36.0. The van der Waals surface area contributed by atoms with Gasteiger partial charge in [-0.1, -0.05) is 170 Å². The van der Waals surface area contributed by atoms with Gasteiger partial charge in [0.25, 0.3) is 0 Å². The standard InChI is InChI=1S/C54H33N/c1-3-18-39-34(12-1)14-10-22-41(39)43-28-26-36-27-29-48-50(42-23-11-15-35-13-2-4-19-40(35)42)33-49(47-31-30-46(43)53(36)54(47)48)37-16-9-17-38(32-37)55-51-24-7-5-20-44(51)45-21-6-8-25-52(45)55/h1-33H. The molecule has 12 aromatic rings. The summed E-state index contributed by atoms with van der Waals surface area (Å²) >= 11 is 0. The molecule has 0 radical (unpaired) electrons. The van der Waals surface area contributed by atoms with E-state index in [0.717, 1.165) is 5.69 Å².